The highest BCUT2D eigenvalue weighted by atomic mass is 16.1. The van der Waals surface area contributed by atoms with E-state index >= 15 is 0 Å². The molecule has 1 aromatic rings. The van der Waals surface area contributed by atoms with Crippen molar-refractivity contribution in [1.82, 2.24) is 15.2 Å². The molecule has 3 N–H and O–H groups in total. The van der Waals surface area contributed by atoms with Crippen LogP contribution in [0.25, 0.3) is 0 Å². The second-order valence-electron chi connectivity index (χ2n) is 5.85. The number of nitrogens with two attached hydrogens (primary N) is 1. The van der Waals surface area contributed by atoms with Crippen LogP contribution in [0.2, 0.25) is 0 Å². The molecule has 0 bridgehead atoms. The summed E-state index contributed by atoms with van der Waals surface area (Å²) in [6.07, 6.45) is 2.35. The zero-order valence-electron chi connectivity index (χ0n) is 12.5. The Bertz CT molecular complexity index is 487. The molecule has 0 aliphatic carbocycles. The fraction of sp³-hybridized carbons (Fsp3) is 0.600. The molecule has 2 rings (SSSR count). The van der Waals surface area contributed by atoms with Gasteiger partial charge in [0.15, 0.2) is 0 Å². The lowest BCUT2D eigenvalue weighted by Gasteiger charge is -2.19. The van der Waals surface area contributed by atoms with Crippen molar-refractivity contribution >= 4 is 11.7 Å². The summed E-state index contributed by atoms with van der Waals surface area (Å²) in [7, 11) is 2.10. The standard InChI is InChI=1S/C15H24N4O/c1-10(2)13-7-11(8-14(16)18-13)15(20)17-9-12-5-4-6-19(12)3/h7-8,10,12H,4-6,9H2,1-3H3,(H2,16,18)(H,17,20). The summed E-state index contributed by atoms with van der Waals surface area (Å²) in [6, 6.07) is 3.91. The third-order valence-electron chi connectivity index (χ3n) is 3.89. The minimum atomic E-state index is -0.0682. The molecule has 0 aromatic carbocycles. The molecular weight excluding hydrogens is 252 g/mol. The van der Waals surface area contributed by atoms with E-state index in [1.54, 1.807) is 6.07 Å². The van der Waals surface area contributed by atoms with Crippen molar-refractivity contribution in [3.05, 3.63) is 23.4 Å². The van der Waals surface area contributed by atoms with Crippen LogP contribution in [0.5, 0.6) is 0 Å². The van der Waals surface area contributed by atoms with Gasteiger partial charge in [0.25, 0.3) is 5.91 Å². The summed E-state index contributed by atoms with van der Waals surface area (Å²) in [5.74, 6) is 0.589. The van der Waals surface area contributed by atoms with Crippen LogP contribution in [0.1, 0.15) is 48.7 Å². The van der Waals surface area contributed by atoms with Gasteiger partial charge in [-0.05, 0) is 44.5 Å². The fourth-order valence-corrected chi connectivity index (χ4v) is 2.55. The van der Waals surface area contributed by atoms with E-state index in [4.69, 9.17) is 5.73 Å². The lowest BCUT2D eigenvalue weighted by Crippen LogP contribution is -2.38. The smallest absolute Gasteiger partial charge is 0.251 e. The Morgan fingerprint density at radius 1 is 1.55 bits per heavy atom. The van der Waals surface area contributed by atoms with Crippen LogP contribution in [0.4, 0.5) is 5.82 Å². The second kappa shape index (κ2) is 6.22. The topological polar surface area (TPSA) is 71.2 Å². The number of likely N-dealkylation sites (tertiary alicyclic amines) is 1. The molecule has 0 saturated carbocycles. The van der Waals surface area contributed by atoms with E-state index in [0.29, 0.717) is 24.0 Å². The van der Waals surface area contributed by atoms with Gasteiger partial charge in [-0.25, -0.2) is 4.98 Å². The van der Waals surface area contributed by atoms with Crippen LogP contribution in [0.3, 0.4) is 0 Å². The van der Waals surface area contributed by atoms with E-state index < -0.39 is 0 Å². The normalized spacial score (nSPS) is 19.5. The number of hydrogen-bond donors (Lipinski definition) is 2. The molecule has 5 nitrogen and oxygen atoms in total. The van der Waals surface area contributed by atoms with Crippen LogP contribution in [-0.2, 0) is 0 Å². The molecule has 5 heteroatoms. The maximum Gasteiger partial charge on any atom is 0.251 e. The quantitative estimate of drug-likeness (QED) is 0.876. The molecule has 1 aliphatic heterocycles. The maximum absolute atomic E-state index is 12.2. The third-order valence-corrected chi connectivity index (χ3v) is 3.89. The van der Waals surface area contributed by atoms with Gasteiger partial charge in [-0.3, -0.25) is 4.79 Å². The molecule has 1 amide bonds. The predicted molar refractivity (Wildman–Crippen MR) is 80.7 cm³/mol. The molecule has 1 atom stereocenters. The lowest BCUT2D eigenvalue weighted by molar-refractivity contribution is 0.0943. The Balaban J connectivity index is 2.01. The van der Waals surface area contributed by atoms with Crippen molar-refractivity contribution in [2.75, 3.05) is 25.9 Å². The highest BCUT2D eigenvalue weighted by Gasteiger charge is 2.21. The van der Waals surface area contributed by atoms with Crippen LogP contribution in [0, 0.1) is 0 Å². The van der Waals surface area contributed by atoms with E-state index in [1.807, 2.05) is 19.9 Å². The first-order valence-electron chi connectivity index (χ1n) is 7.23. The highest BCUT2D eigenvalue weighted by molar-refractivity contribution is 5.94. The molecule has 20 heavy (non-hydrogen) atoms. The number of nitrogens with zero attached hydrogens (tertiary/aromatic N) is 2. The van der Waals surface area contributed by atoms with Gasteiger partial charge in [-0.15, -0.1) is 0 Å². The molecule has 1 saturated heterocycles. The van der Waals surface area contributed by atoms with Gasteiger partial charge < -0.3 is 16.0 Å². The van der Waals surface area contributed by atoms with Crippen LogP contribution in [0.15, 0.2) is 12.1 Å². The number of rotatable bonds is 4. The van der Waals surface area contributed by atoms with Gasteiger partial charge in [0, 0.05) is 23.8 Å². The largest absolute Gasteiger partial charge is 0.384 e. The highest BCUT2D eigenvalue weighted by Crippen LogP contribution is 2.17. The number of likely N-dealkylation sites (N-methyl/N-ethyl adjacent to an activating group) is 1. The van der Waals surface area contributed by atoms with Crippen LogP contribution in [-0.4, -0.2) is 42.0 Å². The Morgan fingerprint density at radius 2 is 2.30 bits per heavy atom. The van der Waals surface area contributed by atoms with E-state index in [1.165, 1.54) is 6.42 Å². The average molecular weight is 276 g/mol. The number of hydrogen-bond acceptors (Lipinski definition) is 4. The predicted octanol–water partition coefficient (Wildman–Crippen LogP) is 1.61. The van der Waals surface area contributed by atoms with Crippen molar-refractivity contribution < 1.29 is 4.79 Å². The summed E-state index contributed by atoms with van der Waals surface area (Å²) in [4.78, 5) is 18.8. The summed E-state index contributed by atoms with van der Waals surface area (Å²) < 4.78 is 0. The molecule has 0 spiro atoms. The molecule has 1 fully saturated rings. The SMILES string of the molecule is CC(C)c1cc(C(=O)NCC2CCCN2C)cc(N)n1. The van der Waals surface area contributed by atoms with Crippen LogP contribution < -0.4 is 11.1 Å². The Labute approximate surface area is 120 Å². The zero-order valence-corrected chi connectivity index (χ0v) is 12.5. The molecular formula is C15H24N4O. The van der Waals surface area contributed by atoms with E-state index in [0.717, 1.165) is 18.7 Å². The minimum Gasteiger partial charge on any atom is -0.384 e. The first-order valence-corrected chi connectivity index (χ1v) is 7.23. The molecule has 110 valence electrons. The van der Waals surface area contributed by atoms with Gasteiger partial charge in [0.2, 0.25) is 0 Å². The second-order valence-corrected chi connectivity index (χ2v) is 5.85. The lowest BCUT2D eigenvalue weighted by atomic mass is 10.1. The molecule has 1 aromatic heterocycles. The van der Waals surface area contributed by atoms with Crippen molar-refractivity contribution in [2.24, 2.45) is 0 Å². The minimum absolute atomic E-state index is 0.0682. The number of nitrogens with one attached hydrogen (secondary N) is 1. The van der Waals surface area contributed by atoms with Crippen molar-refractivity contribution in [3.8, 4) is 0 Å². The molecule has 0 radical (unpaired) electrons. The summed E-state index contributed by atoms with van der Waals surface area (Å²) in [5.41, 5.74) is 7.23. The van der Waals surface area contributed by atoms with Crippen LogP contribution >= 0.6 is 0 Å². The van der Waals surface area contributed by atoms with Crippen molar-refractivity contribution in [2.45, 2.75) is 38.6 Å². The molecule has 1 unspecified atom stereocenters. The van der Waals surface area contributed by atoms with Gasteiger partial charge in [0.1, 0.15) is 5.82 Å². The maximum atomic E-state index is 12.2. The summed E-state index contributed by atoms with van der Waals surface area (Å²) >= 11 is 0. The molecule has 1 aliphatic rings. The Morgan fingerprint density at radius 3 is 2.90 bits per heavy atom. The first-order chi connectivity index (χ1) is 9.47. The zero-order chi connectivity index (χ0) is 14.7. The van der Waals surface area contributed by atoms with Gasteiger partial charge >= 0.3 is 0 Å². The van der Waals surface area contributed by atoms with Gasteiger partial charge in [-0.2, -0.15) is 0 Å². The van der Waals surface area contributed by atoms with E-state index in [-0.39, 0.29) is 11.8 Å². The van der Waals surface area contributed by atoms with Gasteiger partial charge in [-0.1, -0.05) is 13.8 Å². The summed E-state index contributed by atoms with van der Waals surface area (Å²) in [5, 5.41) is 3.00. The van der Waals surface area contributed by atoms with Crippen molar-refractivity contribution in [3.63, 3.8) is 0 Å². The number of carbonyl (C=O) groups is 1. The first kappa shape index (κ1) is 14.8. The van der Waals surface area contributed by atoms with Gasteiger partial charge in [0.05, 0.1) is 0 Å². The monoisotopic (exact) mass is 276 g/mol. The number of aromatic nitrogens is 1. The number of amides is 1. The number of anilines is 1. The average Bonchev–Trinajstić information content (AvgIpc) is 2.80. The Kier molecular flexibility index (Phi) is 4.60. The van der Waals surface area contributed by atoms with Crippen molar-refractivity contribution in [1.29, 1.82) is 0 Å². The van der Waals surface area contributed by atoms with E-state index in [2.05, 4.69) is 22.2 Å². The molecule has 2 heterocycles. The third kappa shape index (κ3) is 3.48. The van der Waals surface area contributed by atoms with E-state index in [9.17, 15) is 4.79 Å². The fourth-order valence-electron chi connectivity index (χ4n) is 2.55. The summed E-state index contributed by atoms with van der Waals surface area (Å²) in [6.45, 7) is 5.88. The number of carbonyl (C=O) groups excluding carboxylic acids is 1. The Hall–Kier alpha value is -1.62. The number of pyridine rings is 1. The number of nitrogen functional groups attached to an aromatic ring is 1.